The standard InChI is InChI=1S/C14H21ClN2O2/c1-11(18)6-8-17(2)9-7-14(19)16-13-5-3-4-12(15)10-13/h3-5,10-11,18H,6-9H2,1-2H3,(H,16,19). The molecule has 0 saturated heterocycles. The Hall–Kier alpha value is -1.10. The van der Waals surface area contributed by atoms with Gasteiger partial charge in [-0.2, -0.15) is 0 Å². The van der Waals surface area contributed by atoms with Crippen LogP contribution >= 0.6 is 11.6 Å². The normalized spacial score (nSPS) is 12.5. The number of nitrogens with one attached hydrogen (secondary N) is 1. The van der Waals surface area contributed by atoms with E-state index in [1.807, 2.05) is 11.9 Å². The van der Waals surface area contributed by atoms with Gasteiger partial charge in [0.1, 0.15) is 0 Å². The third kappa shape index (κ3) is 7.15. The molecule has 106 valence electrons. The molecule has 0 fully saturated rings. The third-order valence-corrected chi connectivity index (χ3v) is 2.99. The number of halogens is 1. The monoisotopic (exact) mass is 284 g/mol. The molecule has 1 unspecified atom stereocenters. The molecular formula is C14H21ClN2O2. The zero-order valence-corrected chi connectivity index (χ0v) is 12.2. The van der Waals surface area contributed by atoms with Gasteiger partial charge in [0.2, 0.25) is 5.91 Å². The van der Waals surface area contributed by atoms with Crippen molar-refractivity contribution in [3.05, 3.63) is 29.3 Å². The minimum atomic E-state index is -0.303. The number of amides is 1. The van der Waals surface area contributed by atoms with Gasteiger partial charge in [-0.15, -0.1) is 0 Å². The first-order valence-electron chi connectivity index (χ1n) is 6.39. The van der Waals surface area contributed by atoms with Crippen molar-refractivity contribution in [2.45, 2.75) is 25.9 Å². The van der Waals surface area contributed by atoms with Crippen molar-refractivity contribution in [2.24, 2.45) is 0 Å². The second-order valence-electron chi connectivity index (χ2n) is 4.75. The maximum Gasteiger partial charge on any atom is 0.225 e. The van der Waals surface area contributed by atoms with E-state index in [4.69, 9.17) is 11.6 Å². The van der Waals surface area contributed by atoms with Gasteiger partial charge in [0, 0.05) is 30.2 Å². The molecule has 4 nitrogen and oxygen atoms in total. The molecule has 19 heavy (non-hydrogen) atoms. The zero-order chi connectivity index (χ0) is 14.3. The van der Waals surface area contributed by atoms with Crippen molar-refractivity contribution in [1.29, 1.82) is 0 Å². The van der Waals surface area contributed by atoms with Gasteiger partial charge in [0.25, 0.3) is 0 Å². The molecule has 0 aliphatic carbocycles. The Labute approximate surface area is 119 Å². The Kier molecular flexibility index (Phi) is 6.84. The fraction of sp³-hybridized carbons (Fsp3) is 0.500. The smallest absolute Gasteiger partial charge is 0.225 e. The molecule has 0 aliphatic heterocycles. The van der Waals surface area contributed by atoms with Crippen LogP contribution < -0.4 is 5.32 Å². The highest BCUT2D eigenvalue weighted by Gasteiger charge is 2.06. The first-order valence-corrected chi connectivity index (χ1v) is 6.77. The molecule has 0 heterocycles. The van der Waals surface area contributed by atoms with Crippen molar-refractivity contribution in [3.8, 4) is 0 Å². The summed E-state index contributed by atoms with van der Waals surface area (Å²) < 4.78 is 0. The number of nitrogens with zero attached hydrogens (tertiary/aromatic N) is 1. The van der Waals surface area contributed by atoms with Crippen molar-refractivity contribution in [3.63, 3.8) is 0 Å². The van der Waals surface area contributed by atoms with E-state index in [9.17, 15) is 9.90 Å². The lowest BCUT2D eigenvalue weighted by atomic mass is 10.2. The van der Waals surface area contributed by atoms with Gasteiger partial charge in [-0.1, -0.05) is 17.7 Å². The lowest BCUT2D eigenvalue weighted by Gasteiger charge is -2.17. The van der Waals surface area contributed by atoms with Crippen LogP contribution in [0.4, 0.5) is 5.69 Å². The van der Waals surface area contributed by atoms with Crippen molar-refractivity contribution in [2.75, 3.05) is 25.5 Å². The van der Waals surface area contributed by atoms with Gasteiger partial charge >= 0.3 is 0 Å². The van der Waals surface area contributed by atoms with Crippen LogP contribution in [-0.4, -0.2) is 42.2 Å². The van der Waals surface area contributed by atoms with E-state index >= 15 is 0 Å². The van der Waals surface area contributed by atoms with E-state index in [0.717, 1.165) is 6.54 Å². The summed E-state index contributed by atoms with van der Waals surface area (Å²) in [7, 11) is 1.94. The summed E-state index contributed by atoms with van der Waals surface area (Å²) in [4.78, 5) is 13.8. The quantitative estimate of drug-likeness (QED) is 0.808. The first kappa shape index (κ1) is 16.0. The highest BCUT2D eigenvalue weighted by atomic mass is 35.5. The van der Waals surface area contributed by atoms with Crippen LogP contribution in [0.3, 0.4) is 0 Å². The lowest BCUT2D eigenvalue weighted by molar-refractivity contribution is -0.116. The van der Waals surface area contributed by atoms with Crippen LogP contribution in [0.25, 0.3) is 0 Å². The highest BCUT2D eigenvalue weighted by Crippen LogP contribution is 2.14. The SMILES string of the molecule is CC(O)CCN(C)CCC(=O)Nc1cccc(Cl)c1. The molecule has 1 aromatic rings. The molecule has 1 amide bonds. The van der Waals surface area contributed by atoms with E-state index in [2.05, 4.69) is 5.32 Å². The summed E-state index contributed by atoms with van der Waals surface area (Å²) in [6, 6.07) is 7.09. The number of hydrogen-bond donors (Lipinski definition) is 2. The van der Waals surface area contributed by atoms with Crippen LogP contribution in [0, 0.1) is 0 Å². The van der Waals surface area contributed by atoms with E-state index in [0.29, 0.717) is 30.1 Å². The number of carbonyl (C=O) groups is 1. The summed E-state index contributed by atoms with van der Waals surface area (Å²) in [6.07, 6.45) is 0.831. The Morgan fingerprint density at radius 1 is 1.47 bits per heavy atom. The molecule has 0 aliphatic rings. The van der Waals surface area contributed by atoms with Gasteiger partial charge < -0.3 is 15.3 Å². The van der Waals surface area contributed by atoms with E-state index in [1.54, 1.807) is 31.2 Å². The number of benzene rings is 1. The zero-order valence-electron chi connectivity index (χ0n) is 11.4. The number of aliphatic hydroxyl groups excluding tert-OH is 1. The molecule has 1 aromatic carbocycles. The van der Waals surface area contributed by atoms with E-state index in [1.165, 1.54) is 0 Å². The average Bonchev–Trinajstić information content (AvgIpc) is 2.34. The Morgan fingerprint density at radius 3 is 2.84 bits per heavy atom. The number of rotatable bonds is 7. The van der Waals surface area contributed by atoms with Gasteiger partial charge in [-0.3, -0.25) is 4.79 Å². The topological polar surface area (TPSA) is 52.6 Å². The maximum atomic E-state index is 11.7. The van der Waals surface area contributed by atoms with Gasteiger partial charge in [0.05, 0.1) is 6.10 Å². The summed E-state index contributed by atoms with van der Waals surface area (Å²) >= 11 is 5.84. The molecule has 2 N–H and O–H groups in total. The molecule has 0 aromatic heterocycles. The van der Waals surface area contributed by atoms with Crippen LogP contribution in [-0.2, 0) is 4.79 Å². The Morgan fingerprint density at radius 2 is 2.21 bits per heavy atom. The highest BCUT2D eigenvalue weighted by molar-refractivity contribution is 6.30. The molecular weight excluding hydrogens is 264 g/mol. The first-order chi connectivity index (χ1) is 8.97. The van der Waals surface area contributed by atoms with Crippen LogP contribution in [0.15, 0.2) is 24.3 Å². The Balaban J connectivity index is 2.28. The fourth-order valence-corrected chi connectivity index (χ4v) is 1.79. The number of hydrogen-bond acceptors (Lipinski definition) is 3. The average molecular weight is 285 g/mol. The van der Waals surface area contributed by atoms with Gasteiger partial charge in [-0.25, -0.2) is 0 Å². The second kappa shape index (κ2) is 8.15. The number of anilines is 1. The minimum absolute atomic E-state index is 0.0360. The molecule has 0 radical (unpaired) electrons. The van der Waals surface area contributed by atoms with Gasteiger partial charge in [-0.05, 0) is 38.6 Å². The minimum Gasteiger partial charge on any atom is -0.393 e. The molecule has 5 heteroatoms. The maximum absolute atomic E-state index is 11.7. The number of aliphatic hydroxyl groups is 1. The van der Waals surface area contributed by atoms with Gasteiger partial charge in [0.15, 0.2) is 0 Å². The summed E-state index contributed by atoms with van der Waals surface area (Å²) in [5, 5.41) is 12.6. The molecule has 0 spiro atoms. The van der Waals surface area contributed by atoms with E-state index < -0.39 is 0 Å². The van der Waals surface area contributed by atoms with Crippen LogP contribution in [0.2, 0.25) is 5.02 Å². The van der Waals surface area contributed by atoms with Crippen molar-refractivity contribution >= 4 is 23.2 Å². The lowest BCUT2D eigenvalue weighted by Crippen LogP contribution is -2.26. The van der Waals surface area contributed by atoms with Crippen LogP contribution in [0.1, 0.15) is 19.8 Å². The predicted molar refractivity (Wildman–Crippen MR) is 78.5 cm³/mol. The second-order valence-corrected chi connectivity index (χ2v) is 5.19. The predicted octanol–water partition coefficient (Wildman–Crippen LogP) is 2.37. The van der Waals surface area contributed by atoms with Crippen molar-refractivity contribution in [1.82, 2.24) is 4.90 Å². The number of carbonyl (C=O) groups excluding carboxylic acids is 1. The fourth-order valence-electron chi connectivity index (χ4n) is 1.60. The van der Waals surface area contributed by atoms with E-state index in [-0.39, 0.29) is 12.0 Å². The summed E-state index contributed by atoms with van der Waals surface area (Å²) in [5.41, 5.74) is 0.712. The molecule has 0 bridgehead atoms. The largest absolute Gasteiger partial charge is 0.393 e. The molecule has 1 atom stereocenters. The summed E-state index contributed by atoms with van der Waals surface area (Å²) in [6.45, 7) is 3.21. The Bertz CT molecular complexity index is 410. The molecule has 0 saturated carbocycles. The van der Waals surface area contributed by atoms with Crippen LogP contribution in [0.5, 0.6) is 0 Å². The third-order valence-electron chi connectivity index (χ3n) is 2.76. The van der Waals surface area contributed by atoms with Crippen molar-refractivity contribution < 1.29 is 9.90 Å². The summed E-state index contributed by atoms with van der Waals surface area (Å²) in [5.74, 6) is -0.0360. The molecule has 1 rings (SSSR count).